The quantitative estimate of drug-likeness (QED) is 0.314. The summed E-state index contributed by atoms with van der Waals surface area (Å²) in [5.74, 6) is 0.254. The third-order valence-corrected chi connectivity index (χ3v) is 6.65. The van der Waals surface area contributed by atoms with Gasteiger partial charge in [0.25, 0.3) is 0 Å². The van der Waals surface area contributed by atoms with Crippen LogP contribution in [0.15, 0.2) is 85.3 Å². The number of nitrogens with zero attached hydrogens (tertiary/aromatic N) is 4. The fourth-order valence-electron chi connectivity index (χ4n) is 4.70. The number of carbonyl (C=O) groups excluding carboxylic acids is 1. The second-order valence-corrected chi connectivity index (χ2v) is 9.13. The van der Waals surface area contributed by atoms with Crippen molar-refractivity contribution >= 4 is 34.6 Å². The van der Waals surface area contributed by atoms with Crippen LogP contribution in [0.4, 0.5) is 11.4 Å². The zero-order chi connectivity index (χ0) is 26.5. The van der Waals surface area contributed by atoms with E-state index in [1.165, 1.54) is 7.11 Å². The summed E-state index contributed by atoms with van der Waals surface area (Å²) in [7, 11) is 3.04. The summed E-state index contributed by atoms with van der Waals surface area (Å²) in [6, 6.07) is 21.0. The molecule has 0 radical (unpaired) electrons. The van der Waals surface area contributed by atoms with E-state index in [-0.39, 0.29) is 24.6 Å². The number of anilines is 2. The standard InChI is InChI=1S/C28H28N6O3S/c1-36-18-25(35)31-22-16-20(11-12-24(22)37-2)34-27(26(32-28(34)38)21-9-4-6-14-30-21)23-10-7-15-33(23)17-19-8-3-5-13-29-19/h3-16,26-27H,17-18H2,1-2H3,(H,31,35)(H,32,38)/t26-,27-/m1/s1. The molecule has 2 atom stereocenters. The first-order chi connectivity index (χ1) is 18.6. The molecule has 1 aliphatic rings. The van der Waals surface area contributed by atoms with Crippen molar-refractivity contribution in [1.82, 2.24) is 19.9 Å². The lowest BCUT2D eigenvalue weighted by Gasteiger charge is -2.29. The number of hydrogen-bond acceptors (Lipinski definition) is 6. The van der Waals surface area contributed by atoms with Crippen molar-refractivity contribution in [2.75, 3.05) is 31.0 Å². The van der Waals surface area contributed by atoms with Gasteiger partial charge in [-0.1, -0.05) is 12.1 Å². The number of methoxy groups -OCH3 is 2. The van der Waals surface area contributed by atoms with E-state index in [1.807, 2.05) is 66.9 Å². The molecule has 0 aliphatic carbocycles. The number of pyridine rings is 2. The Morgan fingerprint density at radius 1 is 1.05 bits per heavy atom. The van der Waals surface area contributed by atoms with Crippen LogP contribution in [-0.4, -0.2) is 46.4 Å². The number of hydrogen-bond donors (Lipinski definition) is 2. The van der Waals surface area contributed by atoms with Gasteiger partial charge in [-0.25, -0.2) is 0 Å². The minimum absolute atomic E-state index is 0.0670. The first kappa shape index (κ1) is 25.4. The number of thiocarbonyl (C=S) groups is 1. The van der Waals surface area contributed by atoms with Gasteiger partial charge in [-0.3, -0.25) is 14.8 Å². The van der Waals surface area contributed by atoms with Crippen LogP contribution in [0.25, 0.3) is 0 Å². The van der Waals surface area contributed by atoms with Gasteiger partial charge >= 0.3 is 0 Å². The molecule has 0 bridgehead atoms. The van der Waals surface area contributed by atoms with Crippen molar-refractivity contribution in [2.45, 2.75) is 18.6 Å². The summed E-state index contributed by atoms with van der Waals surface area (Å²) in [5.41, 5.74) is 4.19. The molecule has 9 nitrogen and oxygen atoms in total. The minimum atomic E-state index is -0.280. The van der Waals surface area contributed by atoms with Crippen LogP contribution in [0.2, 0.25) is 0 Å². The lowest BCUT2D eigenvalue weighted by molar-refractivity contribution is -0.119. The normalized spacial score (nSPS) is 16.8. The van der Waals surface area contributed by atoms with Crippen molar-refractivity contribution in [2.24, 2.45) is 0 Å². The predicted octanol–water partition coefficient (Wildman–Crippen LogP) is 4.10. The number of nitrogens with one attached hydrogen (secondary N) is 2. The van der Waals surface area contributed by atoms with E-state index in [1.54, 1.807) is 19.5 Å². The van der Waals surface area contributed by atoms with E-state index < -0.39 is 0 Å². The topological polar surface area (TPSA) is 93.5 Å². The molecular weight excluding hydrogens is 500 g/mol. The molecule has 0 saturated carbocycles. The second-order valence-electron chi connectivity index (χ2n) is 8.74. The number of aromatic nitrogens is 3. The highest BCUT2D eigenvalue weighted by molar-refractivity contribution is 7.80. The maximum Gasteiger partial charge on any atom is 0.250 e. The highest BCUT2D eigenvalue weighted by atomic mass is 32.1. The summed E-state index contributed by atoms with van der Waals surface area (Å²) < 4.78 is 12.7. The summed E-state index contributed by atoms with van der Waals surface area (Å²) in [6.45, 7) is 0.540. The molecule has 1 fully saturated rings. The molecule has 4 aromatic rings. The SMILES string of the molecule is COCC(=O)Nc1cc(N2C(=S)N[C@H](c3ccccn3)[C@H]2c2cccn2Cc2ccccn2)ccc1OC. The summed E-state index contributed by atoms with van der Waals surface area (Å²) in [6.07, 6.45) is 5.62. The number of ether oxygens (including phenoxy) is 2. The Kier molecular flexibility index (Phi) is 7.62. The molecule has 1 aliphatic heterocycles. The minimum Gasteiger partial charge on any atom is -0.495 e. The molecule has 1 aromatic carbocycles. The van der Waals surface area contributed by atoms with Gasteiger partial charge in [-0.05, 0) is 66.8 Å². The van der Waals surface area contributed by atoms with Gasteiger partial charge in [0, 0.05) is 37.1 Å². The molecule has 5 rings (SSSR count). The molecule has 0 unspecified atom stereocenters. The molecule has 38 heavy (non-hydrogen) atoms. The molecule has 10 heteroatoms. The van der Waals surface area contributed by atoms with Crippen molar-refractivity contribution in [3.63, 3.8) is 0 Å². The van der Waals surface area contributed by atoms with E-state index >= 15 is 0 Å². The van der Waals surface area contributed by atoms with Crippen molar-refractivity contribution in [1.29, 1.82) is 0 Å². The Labute approximate surface area is 226 Å². The van der Waals surface area contributed by atoms with Crippen LogP contribution in [-0.2, 0) is 16.1 Å². The van der Waals surface area contributed by atoms with Gasteiger partial charge in [0.2, 0.25) is 5.91 Å². The smallest absolute Gasteiger partial charge is 0.250 e. The number of carbonyl (C=O) groups is 1. The van der Waals surface area contributed by atoms with Gasteiger partial charge in [-0.15, -0.1) is 0 Å². The molecule has 1 amide bonds. The van der Waals surface area contributed by atoms with Gasteiger partial charge in [0.15, 0.2) is 5.11 Å². The van der Waals surface area contributed by atoms with Gasteiger partial charge < -0.3 is 29.6 Å². The van der Waals surface area contributed by atoms with E-state index in [2.05, 4.69) is 36.1 Å². The maximum absolute atomic E-state index is 12.3. The first-order valence-corrected chi connectivity index (χ1v) is 12.5. The molecule has 4 heterocycles. The molecule has 1 saturated heterocycles. The number of rotatable bonds is 9. The zero-order valence-electron chi connectivity index (χ0n) is 21.1. The van der Waals surface area contributed by atoms with Crippen molar-refractivity contribution in [3.8, 4) is 5.75 Å². The average Bonchev–Trinajstić information content (AvgIpc) is 3.53. The zero-order valence-corrected chi connectivity index (χ0v) is 21.9. The van der Waals surface area contributed by atoms with Gasteiger partial charge in [-0.2, -0.15) is 0 Å². The van der Waals surface area contributed by atoms with Crippen molar-refractivity contribution < 1.29 is 14.3 Å². The highest BCUT2D eigenvalue weighted by Crippen LogP contribution is 2.43. The lowest BCUT2D eigenvalue weighted by atomic mass is 10.0. The van der Waals surface area contributed by atoms with Crippen LogP contribution in [0, 0.1) is 0 Å². The Balaban J connectivity index is 1.58. The van der Waals surface area contributed by atoms with E-state index in [0.29, 0.717) is 23.1 Å². The fraction of sp³-hybridized carbons (Fsp3) is 0.214. The summed E-state index contributed by atoms with van der Waals surface area (Å²) in [4.78, 5) is 23.5. The Bertz CT molecular complexity index is 1410. The Morgan fingerprint density at radius 3 is 2.58 bits per heavy atom. The molecule has 0 spiro atoms. The largest absolute Gasteiger partial charge is 0.495 e. The molecule has 2 N–H and O–H groups in total. The Morgan fingerprint density at radius 2 is 1.87 bits per heavy atom. The van der Waals surface area contributed by atoms with Gasteiger partial charge in [0.05, 0.1) is 36.8 Å². The lowest BCUT2D eigenvalue weighted by Crippen LogP contribution is -2.30. The third-order valence-electron chi connectivity index (χ3n) is 6.34. The average molecular weight is 529 g/mol. The monoisotopic (exact) mass is 528 g/mol. The first-order valence-electron chi connectivity index (χ1n) is 12.1. The van der Waals surface area contributed by atoms with E-state index in [4.69, 9.17) is 21.7 Å². The fourth-order valence-corrected chi connectivity index (χ4v) is 5.05. The van der Waals surface area contributed by atoms with Crippen LogP contribution < -0.4 is 20.3 Å². The van der Waals surface area contributed by atoms with Gasteiger partial charge in [0.1, 0.15) is 18.4 Å². The Hall–Kier alpha value is -4.28. The summed E-state index contributed by atoms with van der Waals surface area (Å²) in [5, 5.41) is 6.91. The van der Waals surface area contributed by atoms with Crippen LogP contribution in [0.1, 0.15) is 29.2 Å². The highest BCUT2D eigenvalue weighted by Gasteiger charge is 2.42. The number of amides is 1. The van der Waals surface area contributed by atoms with E-state index in [0.717, 1.165) is 22.8 Å². The maximum atomic E-state index is 12.3. The third kappa shape index (κ3) is 5.22. The molecule has 3 aromatic heterocycles. The van der Waals surface area contributed by atoms with Crippen LogP contribution >= 0.6 is 12.2 Å². The second kappa shape index (κ2) is 11.4. The van der Waals surface area contributed by atoms with Crippen LogP contribution in [0.3, 0.4) is 0 Å². The van der Waals surface area contributed by atoms with Crippen LogP contribution in [0.5, 0.6) is 5.75 Å². The van der Waals surface area contributed by atoms with Crippen molar-refractivity contribution in [3.05, 3.63) is 102 Å². The van der Waals surface area contributed by atoms with E-state index in [9.17, 15) is 4.79 Å². The predicted molar refractivity (Wildman–Crippen MR) is 149 cm³/mol. The molecule has 194 valence electrons. The summed E-state index contributed by atoms with van der Waals surface area (Å²) >= 11 is 5.88. The molecular formula is C28H28N6O3S. The number of benzene rings is 1.